The van der Waals surface area contributed by atoms with Gasteiger partial charge in [-0.2, -0.15) is 0 Å². The van der Waals surface area contributed by atoms with Gasteiger partial charge in [0, 0.05) is 5.41 Å². The lowest BCUT2D eigenvalue weighted by Crippen LogP contribution is -2.55. The Hall–Kier alpha value is -0.330. The molecule has 0 aromatic rings. The van der Waals surface area contributed by atoms with Crippen molar-refractivity contribution in [2.75, 3.05) is 0 Å². The lowest BCUT2D eigenvalue weighted by atomic mass is 9.43. The summed E-state index contributed by atoms with van der Waals surface area (Å²) >= 11 is 0. The molecule has 1 nitrogen and oxygen atoms in total. The standard InChI is InChI=1S/C12H18O/c1-2-10-7-11(8-13)5-9-3-4-12(10,11)6-9/h8-10H,2-7H2,1H3. The van der Waals surface area contributed by atoms with E-state index in [1.807, 2.05) is 0 Å². The maximum atomic E-state index is 11.2. The molecule has 0 aromatic carbocycles. The summed E-state index contributed by atoms with van der Waals surface area (Å²) in [5, 5.41) is 0. The molecule has 3 aliphatic rings. The summed E-state index contributed by atoms with van der Waals surface area (Å²) in [4.78, 5) is 11.2. The van der Waals surface area contributed by atoms with Crippen molar-refractivity contribution in [3.63, 3.8) is 0 Å². The van der Waals surface area contributed by atoms with Gasteiger partial charge in [0.05, 0.1) is 0 Å². The van der Waals surface area contributed by atoms with Gasteiger partial charge in [0.25, 0.3) is 0 Å². The van der Waals surface area contributed by atoms with Crippen molar-refractivity contribution in [2.45, 2.75) is 45.4 Å². The Morgan fingerprint density at radius 2 is 2.23 bits per heavy atom. The van der Waals surface area contributed by atoms with Gasteiger partial charge in [0.1, 0.15) is 6.29 Å². The summed E-state index contributed by atoms with van der Waals surface area (Å²) in [6.45, 7) is 2.29. The lowest BCUT2D eigenvalue weighted by Gasteiger charge is -2.59. The highest BCUT2D eigenvalue weighted by atomic mass is 16.1. The molecule has 4 unspecified atom stereocenters. The fraction of sp³-hybridized carbons (Fsp3) is 0.917. The van der Waals surface area contributed by atoms with Crippen molar-refractivity contribution < 1.29 is 4.79 Å². The first-order valence-corrected chi connectivity index (χ1v) is 5.73. The number of hydrogen-bond acceptors (Lipinski definition) is 1. The Kier molecular flexibility index (Phi) is 1.35. The zero-order valence-electron chi connectivity index (χ0n) is 8.38. The molecule has 3 rings (SSSR count). The number of hydrogen-bond donors (Lipinski definition) is 0. The summed E-state index contributed by atoms with van der Waals surface area (Å²) in [5.74, 6) is 1.78. The lowest BCUT2D eigenvalue weighted by molar-refractivity contribution is -0.154. The van der Waals surface area contributed by atoms with E-state index in [4.69, 9.17) is 0 Å². The second-order valence-electron chi connectivity index (χ2n) is 5.55. The SMILES string of the molecule is CCC1CC2(C=O)CC3CCC12C3. The number of carbonyl (C=O) groups excluding carboxylic acids is 1. The van der Waals surface area contributed by atoms with Crippen LogP contribution in [0.4, 0.5) is 0 Å². The number of carbonyl (C=O) groups is 1. The van der Waals surface area contributed by atoms with Gasteiger partial charge in [-0.05, 0) is 49.4 Å². The van der Waals surface area contributed by atoms with Gasteiger partial charge in [0.15, 0.2) is 0 Å². The first kappa shape index (κ1) is 8.02. The second kappa shape index (κ2) is 2.18. The van der Waals surface area contributed by atoms with Crippen LogP contribution in [-0.2, 0) is 4.79 Å². The summed E-state index contributed by atoms with van der Waals surface area (Å²) in [7, 11) is 0. The quantitative estimate of drug-likeness (QED) is 0.594. The van der Waals surface area contributed by atoms with E-state index in [9.17, 15) is 4.79 Å². The molecule has 0 aliphatic heterocycles. The molecule has 0 heterocycles. The number of rotatable bonds is 2. The van der Waals surface area contributed by atoms with Gasteiger partial charge in [-0.1, -0.05) is 13.3 Å². The van der Waals surface area contributed by atoms with Crippen molar-refractivity contribution in [3.8, 4) is 0 Å². The third kappa shape index (κ3) is 0.660. The normalized spacial score (nSPS) is 57.3. The molecular formula is C12H18O. The molecule has 0 saturated heterocycles. The zero-order valence-corrected chi connectivity index (χ0v) is 8.38. The van der Waals surface area contributed by atoms with Crippen LogP contribution < -0.4 is 0 Å². The first-order valence-electron chi connectivity index (χ1n) is 5.73. The van der Waals surface area contributed by atoms with E-state index < -0.39 is 0 Å². The van der Waals surface area contributed by atoms with E-state index in [1.54, 1.807) is 0 Å². The van der Waals surface area contributed by atoms with Gasteiger partial charge in [0.2, 0.25) is 0 Å². The fourth-order valence-corrected chi connectivity index (χ4v) is 4.84. The highest BCUT2D eigenvalue weighted by molar-refractivity contribution is 5.65. The Bertz CT molecular complexity index is 260. The van der Waals surface area contributed by atoms with Crippen LogP contribution in [0, 0.1) is 22.7 Å². The summed E-state index contributed by atoms with van der Waals surface area (Å²) in [6.07, 6.45) is 9.20. The average Bonchev–Trinajstić information content (AvgIpc) is 2.65. The van der Waals surface area contributed by atoms with Crippen LogP contribution in [-0.4, -0.2) is 6.29 Å². The van der Waals surface area contributed by atoms with Gasteiger partial charge in [-0.3, -0.25) is 0 Å². The van der Waals surface area contributed by atoms with E-state index in [1.165, 1.54) is 44.8 Å². The molecule has 4 atom stereocenters. The molecule has 0 radical (unpaired) electrons. The highest BCUT2D eigenvalue weighted by Gasteiger charge is 2.71. The van der Waals surface area contributed by atoms with Gasteiger partial charge >= 0.3 is 0 Å². The first-order chi connectivity index (χ1) is 6.26. The third-order valence-corrected chi connectivity index (χ3v) is 5.41. The predicted octanol–water partition coefficient (Wildman–Crippen LogP) is 2.79. The Balaban J connectivity index is 1.99. The molecule has 3 saturated carbocycles. The van der Waals surface area contributed by atoms with E-state index in [-0.39, 0.29) is 5.41 Å². The summed E-state index contributed by atoms with van der Waals surface area (Å²) in [5.41, 5.74) is 0.658. The fourth-order valence-electron chi connectivity index (χ4n) is 4.84. The molecule has 72 valence electrons. The smallest absolute Gasteiger partial charge is 0.126 e. The van der Waals surface area contributed by atoms with Gasteiger partial charge in [-0.15, -0.1) is 0 Å². The minimum atomic E-state index is 0.163. The number of fused-ring (bicyclic) bond motifs is 1. The Labute approximate surface area is 79.9 Å². The topological polar surface area (TPSA) is 17.1 Å². The minimum Gasteiger partial charge on any atom is -0.303 e. The van der Waals surface area contributed by atoms with Gasteiger partial charge < -0.3 is 4.79 Å². The molecular weight excluding hydrogens is 160 g/mol. The molecule has 13 heavy (non-hydrogen) atoms. The van der Waals surface area contributed by atoms with Crippen LogP contribution in [0.15, 0.2) is 0 Å². The molecule has 0 N–H and O–H groups in total. The summed E-state index contributed by atoms with van der Waals surface area (Å²) < 4.78 is 0. The van der Waals surface area contributed by atoms with E-state index >= 15 is 0 Å². The predicted molar refractivity (Wildman–Crippen MR) is 51.3 cm³/mol. The number of aldehydes is 1. The monoisotopic (exact) mass is 178 g/mol. The van der Waals surface area contributed by atoms with E-state index in [0.29, 0.717) is 5.41 Å². The van der Waals surface area contributed by atoms with Crippen LogP contribution >= 0.6 is 0 Å². The van der Waals surface area contributed by atoms with Crippen molar-refractivity contribution in [1.82, 2.24) is 0 Å². The molecule has 3 fully saturated rings. The molecule has 1 spiro atoms. The molecule has 2 bridgehead atoms. The molecule has 0 amide bonds. The Morgan fingerprint density at radius 1 is 1.38 bits per heavy atom. The van der Waals surface area contributed by atoms with Crippen molar-refractivity contribution in [2.24, 2.45) is 22.7 Å². The van der Waals surface area contributed by atoms with Crippen LogP contribution in [0.25, 0.3) is 0 Å². The van der Waals surface area contributed by atoms with E-state index in [0.717, 1.165) is 11.8 Å². The van der Waals surface area contributed by atoms with Crippen LogP contribution in [0.3, 0.4) is 0 Å². The van der Waals surface area contributed by atoms with Crippen molar-refractivity contribution in [1.29, 1.82) is 0 Å². The molecule has 1 heteroatoms. The van der Waals surface area contributed by atoms with Crippen LogP contribution in [0.1, 0.15) is 45.4 Å². The maximum Gasteiger partial charge on any atom is 0.126 e. The van der Waals surface area contributed by atoms with Crippen LogP contribution in [0.5, 0.6) is 0 Å². The maximum absolute atomic E-state index is 11.2. The molecule has 3 aliphatic carbocycles. The van der Waals surface area contributed by atoms with Crippen LogP contribution in [0.2, 0.25) is 0 Å². The van der Waals surface area contributed by atoms with Gasteiger partial charge in [-0.25, -0.2) is 0 Å². The largest absolute Gasteiger partial charge is 0.303 e. The summed E-state index contributed by atoms with van der Waals surface area (Å²) in [6, 6.07) is 0. The Morgan fingerprint density at radius 3 is 2.85 bits per heavy atom. The second-order valence-corrected chi connectivity index (χ2v) is 5.55. The van der Waals surface area contributed by atoms with Crippen molar-refractivity contribution >= 4 is 6.29 Å². The van der Waals surface area contributed by atoms with Crippen molar-refractivity contribution in [3.05, 3.63) is 0 Å². The van der Waals surface area contributed by atoms with E-state index in [2.05, 4.69) is 6.92 Å². The highest BCUT2D eigenvalue weighted by Crippen LogP contribution is 2.77. The third-order valence-electron chi connectivity index (χ3n) is 5.41. The average molecular weight is 178 g/mol. The molecule has 0 aromatic heterocycles. The minimum absolute atomic E-state index is 0.163. The zero-order chi connectivity index (χ0) is 9.10.